The predicted octanol–water partition coefficient (Wildman–Crippen LogP) is 7.07. The van der Waals surface area contributed by atoms with Crippen LogP contribution in [0.3, 0.4) is 0 Å². The number of halogens is 1. The number of rotatable bonds is 3. The van der Waals surface area contributed by atoms with Crippen molar-refractivity contribution >= 4 is 50.1 Å². The third-order valence-electron chi connectivity index (χ3n) is 5.24. The molecule has 0 unspecified atom stereocenters. The van der Waals surface area contributed by atoms with E-state index >= 15 is 0 Å². The van der Waals surface area contributed by atoms with Crippen LogP contribution in [0.5, 0.6) is 0 Å². The molecule has 0 aliphatic carbocycles. The van der Waals surface area contributed by atoms with Crippen molar-refractivity contribution in [1.82, 2.24) is 0 Å². The monoisotopic (exact) mass is 451 g/mol. The molecule has 0 spiro atoms. The van der Waals surface area contributed by atoms with Crippen molar-refractivity contribution in [3.8, 4) is 0 Å². The van der Waals surface area contributed by atoms with Crippen LogP contribution in [0.4, 0.5) is 5.69 Å². The topological polar surface area (TPSA) is 20.3 Å². The Labute approximate surface area is 183 Å². The molecule has 1 heterocycles. The highest BCUT2D eigenvalue weighted by Gasteiger charge is 2.30. The zero-order valence-corrected chi connectivity index (χ0v) is 17.7. The summed E-state index contributed by atoms with van der Waals surface area (Å²) in [6, 6.07) is 32.4. The van der Waals surface area contributed by atoms with Crippen LogP contribution in [0.1, 0.15) is 11.1 Å². The fourth-order valence-corrected chi connectivity index (χ4v) is 4.01. The third-order valence-corrected chi connectivity index (χ3v) is 5.76. The number of hydrogen-bond donors (Lipinski definition) is 0. The molecule has 144 valence electrons. The summed E-state index contributed by atoms with van der Waals surface area (Å²) in [4.78, 5) is 15.3. The minimum Gasteiger partial charge on any atom is -0.276 e. The second kappa shape index (κ2) is 7.77. The van der Waals surface area contributed by atoms with Crippen LogP contribution in [0, 0.1) is 0 Å². The molecule has 0 radical (unpaired) electrons. The first-order chi connectivity index (χ1) is 14.7. The number of amides is 1. The van der Waals surface area contributed by atoms with Crippen molar-refractivity contribution in [2.45, 2.75) is 0 Å². The molecule has 5 rings (SSSR count). The van der Waals surface area contributed by atoms with E-state index in [1.807, 2.05) is 89.8 Å². The summed E-state index contributed by atoms with van der Waals surface area (Å²) >= 11 is 3.46. The molecule has 0 saturated heterocycles. The Balaban J connectivity index is 1.63. The Morgan fingerprint density at radius 2 is 1.43 bits per heavy atom. The van der Waals surface area contributed by atoms with Gasteiger partial charge in [-0.25, -0.2) is 0 Å². The minimum absolute atomic E-state index is 0.0212. The van der Waals surface area contributed by atoms with Gasteiger partial charge < -0.3 is 0 Å². The SMILES string of the molecule is O=C1/C(=C/c2ccc(Br)cc2)C=C(c2ccccc2)N1c1ccc2ccccc2c1. The van der Waals surface area contributed by atoms with Gasteiger partial charge in [0.15, 0.2) is 0 Å². The average molecular weight is 452 g/mol. The Kier molecular flexibility index (Phi) is 4.82. The van der Waals surface area contributed by atoms with Gasteiger partial charge in [-0.3, -0.25) is 9.69 Å². The number of fused-ring (bicyclic) bond motifs is 1. The Morgan fingerprint density at radius 1 is 0.733 bits per heavy atom. The molecule has 4 aromatic rings. The number of carbonyl (C=O) groups excluding carboxylic acids is 1. The van der Waals surface area contributed by atoms with Gasteiger partial charge in [0.2, 0.25) is 0 Å². The molecule has 2 nitrogen and oxygen atoms in total. The van der Waals surface area contributed by atoms with Crippen LogP contribution in [0.25, 0.3) is 22.5 Å². The van der Waals surface area contributed by atoms with E-state index in [1.54, 1.807) is 0 Å². The Hall–Kier alpha value is -3.43. The average Bonchev–Trinajstić information content (AvgIpc) is 3.11. The van der Waals surface area contributed by atoms with Gasteiger partial charge in [0.25, 0.3) is 5.91 Å². The standard InChI is InChI=1S/C27H18BrNO/c28-24-13-10-19(11-14-24)16-23-18-26(21-7-2-1-3-8-21)29(27(23)30)25-15-12-20-6-4-5-9-22(20)17-25/h1-18H/b23-16+. The van der Waals surface area contributed by atoms with Gasteiger partial charge in [-0.15, -0.1) is 0 Å². The van der Waals surface area contributed by atoms with Crippen molar-refractivity contribution in [2.75, 3.05) is 4.90 Å². The molecule has 0 fully saturated rings. The molecule has 1 aliphatic heterocycles. The molecular weight excluding hydrogens is 434 g/mol. The van der Waals surface area contributed by atoms with E-state index in [0.717, 1.165) is 37.8 Å². The van der Waals surface area contributed by atoms with E-state index in [4.69, 9.17) is 0 Å². The summed E-state index contributed by atoms with van der Waals surface area (Å²) in [5.41, 5.74) is 4.43. The highest BCUT2D eigenvalue weighted by molar-refractivity contribution is 9.10. The molecule has 30 heavy (non-hydrogen) atoms. The van der Waals surface area contributed by atoms with Crippen LogP contribution in [-0.4, -0.2) is 5.91 Å². The van der Waals surface area contributed by atoms with Gasteiger partial charge in [0, 0.05) is 15.7 Å². The number of carbonyl (C=O) groups is 1. The highest BCUT2D eigenvalue weighted by Crippen LogP contribution is 2.36. The van der Waals surface area contributed by atoms with Crippen molar-refractivity contribution in [1.29, 1.82) is 0 Å². The molecule has 0 bridgehead atoms. The van der Waals surface area contributed by atoms with Crippen LogP contribution >= 0.6 is 15.9 Å². The second-order valence-corrected chi connectivity index (χ2v) is 8.13. The summed E-state index contributed by atoms with van der Waals surface area (Å²) < 4.78 is 1.01. The zero-order valence-electron chi connectivity index (χ0n) is 16.1. The number of anilines is 1. The fraction of sp³-hybridized carbons (Fsp3) is 0. The van der Waals surface area contributed by atoms with Crippen LogP contribution in [-0.2, 0) is 4.79 Å². The van der Waals surface area contributed by atoms with Crippen LogP contribution < -0.4 is 4.90 Å². The van der Waals surface area contributed by atoms with Crippen molar-refractivity contribution in [3.05, 3.63) is 124 Å². The smallest absolute Gasteiger partial charge is 0.262 e. The molecule has 0 N–H and O–H groups in total. The lowest BCUT2D eigenvalue weighted by atomic mass is 10.1. The van der Waals surface area contributed by atoms with Crippen LogP contribution in [0.15, 0.2) is 113 Å². The predicted molar refractivity (Wildman–Crippen MR) is 128 cm³/mol. The molecule has 4 aromatic carbocycles. The summed E-state index contributed by atoms with van der Waals surface area (Å²) in [6.45, 7) is 0. The van der Waals surface area contributed by atoms with Gasteiger partial charge in [-0.1, -0.05) is 88.7 Å². The minimum atomic E-state index is -0.0212. The maximum Gasteiger partial charge on any atom is 0.262 e. The second-order valence-electron chi connectivity index (χ2n) is 7.22. The largest absolute Gasteiger partial charge is 0.276 e. The van der Waals surface area contributed by atoms with Crippen LogP contribution in [0.2, 0.25) is 0 Å². The summed E-state index contributed by atoms with van der Waals surface area (Å²) in [5.74, 6) is -0.0212. The number of benzene rings is 4. The van der Waals surface area contributed by atoms with Gasteiger partial charge in [0.05, 0.1) is 5.70 Å². The first kappa shape index (κ1) is 18.6. The van der Waals surface area contributed by atoms with Crippen molar-refractivity contribution in [3.63, 3.8) is 0 Å². The number of nitrogens with zero attached hydrogens (tertiary/aromatic N) is 1. The Morgan fingerprint density at radius 3 is 2.20 bits per heavy atom. The normalized spacial score (nSPS) is 15.1. The molecular formula is C27H18BrNO. The summed E-state index contributed by atoms with van der Waals surface area (Å²) in [5, 5.41) is 2.27. The van der Waals surface area contributed by atoms with E-state index in [0.29, 0.717) is 5.57 Å². The lowest BCUT2D eigenvalue weighted by molar-refractivity contribution is -0.113. The summed E-state index contributed by atoms with van der Waals surface area (Å²) in [6.07, 6.45) is 3.92. The summed E-state index contributed by atoms with van der Waals surface area (Å²) in [7, 11) is 0. The lowest BCUT2D eigenvalue weighted by Crippen LogP contribution is -2.24. The fourth-order valence-electron chi connectivity index (χ4n) is 3.75. The van der Waals surface area contributed by atoms with Gasteiger partial charge in [-0.2, -0.15) is 0 Å². The number of hydrogen-bond acceptors (Lipinski definition) is 1. The van der Waals surface area contributed by atoms with E-state index in [1.165, 1.54) is 0 Å². The van der Waals surface area contributed by atoms with E-state index < -0.39 is 0 Å². The van der Waals surface area contributed by atoms with Crippen molar-refractivity contribution in [2.24, 2.45) is 0 Å². The maximum atomic E-state index is 13.5. The maximum absolute atomic E-state index is 13.5. The van der Waals surface area contributed by atoms with E-state index in [9.17, 15) is 4.79 Å². The Bertz CT molecular complexity index is 1300. The molecule has 0 atom stereocenters. The quantitative estimate of drug-likeness (QED) is 0.305. The third kappa shape index (κ3) is 3.49. The molecule has 0 saturated carbocycles. The van der Waals surface area contributed by atoms with Gasteiger partial charge in [-0.05, 0) is 58.3 Å². The zero-order chi connectivity index (χ0) is 20.5. The van der Waals surface area contributed by atoms with Gasteiger partial charge in [0.1, 0.15) is 0 Å². The first-order valence-electron chi connectivity index (χ1n) is 9.77. The van der Waals surface area contributed by atoms with Gasteiger partial charge >= 0.3 is 0 Å². The molecule has 3 heteroatoms. The molecule has 1 aliphatic rings. The highest BCUT2D eigenvalue weighted by atomic mass is 79.9. The van der Waals surface area contributed by atoms with E-state index in [2.05, 4.69) is 40.2 Å². The van der Waals surface area contributed by atoms with Crippen molar-refractivity contribution < 1.29 is 4.79 Å². The first-order valence-corrected chi connectivity index (χ1v) is 10.6. The van der Waals surface area contributed by atoms with E-state index in [-0.39, 0.29) is 5.91 Å². The molecule has 1 amide bonds. The molecule has 0 aromatic heterocycles. The lowest BCUT2D eigenvalue weighted by Gasteiger charge is -2.21.